The number of ketones is 1. The van der Waals surface area contributed by atoms with Crippen molar-refractivity contribution >= 4 is 23.1 Å². The van der Waals surface area contributed by atoms with E-state index in [2.05, 4.69) is 0 Å². The first-order valence-corrected chi connectivity index (χ1v) is 10.6. The Labute approximate surface area is 197 Å². The topological polar surface area (TPSA) is 116 Å². The van der Waals surface area contributed by atoms with Crippen molar-refractivity contribution in [3.05, 3.63) is 92.4 Å². The van der Waals surface area contributed by atoms with E-state index in [1.807, 2.05) is 0 Å². The molecule has 0 radical (unpaired) electrons. The molecular formula is C24H20F3N3O5. The lowest BCUT2D eigenvalue weighted by Crippen LogP contribution is -2.41. The van der Waals surface area contributed by atoms with E-state index in [-0.39, 0.29) is 52.7 Å². The van der Waals surface area contributed by atoms with E-state index in [4.69, 9.17) is 10.5 Å². The number of benzene rings is 2. The van der Waals surface area contributed by atoms with E-state index in [0.717, 1.165) is 18.1 Å². The first-order valence-electron chi connectivity index (χ1n) is 10.6. The fourth-order valence-electron chi connectivity index (χ4n) is 4.60. The largest absolute Gasteiger partial charge is 0.466 e. The summed E-state index contributed by atoms with van der Waals surface area (Å²) in [6, 6.07) is 9.99. The molecule has 35 heavy (non-hydrogen) atoms. The molecule has 1 aliphatic heterocycles. The normalized spacial score (nSPS) is 18.5. The Morgan fingerprint density at radius 2 is 1.80 bits per heavy atom. The van der Waals surface area contributed by atoms with Gasteiger partial charge in [-0.05, 0) is 30.5 Å². The van der Waals surface area contributed by atoms with Crippen molar-refractivity contribution in [2.75, 3.05) is 12.0 Å². The Kier molecular flexibility index (Phi) is 6.10. The fourth-order valence-corrected chi connectivity index (χ4v) is 4.60. The van der Waals surface area contributed by atoms with Gasteiger partial charge in [-0.2, -0.15) is 13.2 Å². The van der Waals surface area contributed by atoms with Crippen LogP contribution in [-0.4, -0.2) is 23.8 Å². The maximum absolute atomic E-state index is 13.9. The number of anilines is 1. The van der Waals surface area contributed by atoms with Crippen LogP contribution in [0.2, 0.25) is 0 Å². The number of ether oxygens (including phenoxy) is 1. The zero-order valence-corrected chi connectivity index (χ0v) is 18.5. The van der Waals surface area contributed by atoms with Gasteiger partial charge in [0, 0.05) is 29.8 Å². The number of carbonyl (C=O) groups is 2. The van der Waals surface area contributed by atoms with Crippen LogP contribution in [0.1, 0.15) is 36.3 Å². The van der Waals surface area contributed by atoms with Crippen LogP contribution < -0.4 is 10.6 Å². The molecule has 1 aliphatic carbocycles. The molecule has 1 heterocycles. The summed E-state index contributed by atoms with van der Waals surface area (Å²) in [5.41, 5.74) is 5.40. The van der Waals surface area contributed by atoms with Gasteiger partial charge in [-0.3, -0.25) is 19.8 Å². The lowest BCUT2D eigenvalue weighted by molar-refractivity contribution is -0.384. The molecule has 0 aromatic heterocycles. The van der Waals surface area contributed by atoms with Crippen molar-refractivity contribution in [1.29, 1.82) is 0 Å². The Hall–Kier alpha value is -4.15. The lowest BCUT2D eigenvalue weighted by Gasteiger charge is -2.41. The van der Waals surface area contributed by atoms with E-state index < -0.39 is 28.6 Å². The van der Waals surface area contributed by atoms with Crippen molar-refractivity contribution in [2.45, 2.75) is 31.4 Å². The SMILES string of the molecule is COC(=O)C1=C(N)N(c2ccccc2C(F)(F)F)C2=C(C(=O)CCC2)[C@@H]1c1ccc([N+](=O)[O-])cc1. The number of esters is 1. The smallest absolute Gasteiger partial charge is 0.418 e. The van der Waals surface area contributed by atoms with Crippen LogP contribution >= 0.6 is 0 Å². The molecule has 182 valence electrons. The van der Waals surface area contributed by atoms with Gasteiger partial charge >= 0.3 is 12.1 Å². The molecule has 0 bridgehead atoms. The number of Topliss-reactive ketones (excluding diaryl/α,β-unsaturated/α-hetero) is 1. The number of hydrogen-bond acceptors (Lipinski definition) is 7. The molecule has 2 N–H and O–H groups in total. The van der Waals surface area contributed by atoms with Crippen LogP contribution in [0, 0.1) is 10.1 Å². The van der Waals surface area contributed by atoms with Crippen molar-refractivity contribution in [3.63, 3.8) is 0 Å². The number of methoxy groups -OCH3 is 1. The molecule has 4 rings (SSSR count). The lowest BCUT2D eigenvalue weighted by atomic mass is 9.75. The molecule has 0 saturated carbocycles. The summed E-state index contributed by atoms with van der Waals surface area (Å²) >= 11 is 0. The molecule has 0 saturated heterocycles. The summed E-state index contributed by atoms with van der Waals surface area (Å²) in [5, 5.41) is 11.1. The van der Waals surface area contributed by atoms with Gasteiger partial charge in [-0.25, -0.2) is 4.79 Å². The van der Waals surface area contributed by atoms with Crippen molar-refractivity contribution in [3.8, 4) is 0 Å². The van der Waals surface area contributed by atoms with Crippen LogP contribution in [0.5, 0.6) is 0 Å². The van der Waals surface area contributed by atoms with Gasteiger partial charge in [0.1, 0.15) is 5.82 Å². The molecule has 2 aromatic carbocycles. The average molecular weight is 487 g/mol. The second-order valence-electron chi connectivity index (χ2n) is 8.06. The number of nitro groups is 1. The molecule has 1 atom stereocenters. The molecule has 0 amide bonds. The van der Waals surface area contributed by atoms with E-state index >= 15 is 0 Å². The molecule has 0 unspecified atom stereocenters. The average Bonchev–Trinajstić information content (AvgIpc) is 2.82. The number of nitro benzene ring substituents is 1. The van der Waals surface area contributed by atoms with Crippen LogP contribution in [-0.2, 0) is 20.5 Å². The highest BCUT2D eigenvalue weighted by Crippen LogP contribution is 2.49. The first-order chi connectivity index (χ1) is 16.6. The number of rotatable bonds is 4. The minimum atomic E-state index is -4.73. The third kappa shape index (κ3) is 4.13. The Morgan fingerprint density at radius 3 is 2.40 bits per heavy atom. The summed E-state index contributed by atoms with van der Waals surface area (Å²) in [6.07, 6.45) is -3.97. The summed E-state index contributed by atoms with van der Waals surface area (Å²) in [7, 11) is 1.09. The van der Waals surface area contributed by atoms with Gasteiger partial charge < -0.3 is 10.5 Å². The highest BCUT2D eigenvalue weighted by molar-refractivity contribution is 6.05. The minimum absolute atomic E-state index is 0.122. The zero-order valence-electron chi connectivity index (χ0n) is 18.5. The van der Waals surface area contributed by atoms with Gasteiger partial charge in [0.15, 0.2) is 5.78 Å². The minimum Gasteiger partial charge on any atom is -0.466 e. The number of carbonyl (C=O) groups excluding carboxylic acids is 2. The number of nitrogens with two attached hydrogens (primary N) is 1. The number of para-hydroxylation sites is 1. The van der Waals surface area contributed by atoms with Crippen LogP contribution in [0.3, 0.4) is 0 Å². The summed E-state index contributed by atoms with van der Waals surface area (Å²) in [4.78, 5) is 37.7. The van der Waals surface area contributed by atoms with E-state index in [9.17, 15) is 32.9 Å². The predicted molar refractivity (Wildman–Crippen MR) is 119 cm³/mol. The Balaban J connectivity index is 2.02. The van der Waals surface area contributed by atoms with Crippen LogP contribution in [0.15, 0.2) is 71.2 Å². The number of alkyl halides is 3. The molecule has 2 aromatic rings. The quantitative estimate of drug-likeness (QED) is 0.382. The van der Waals surface area contributed by atoms with Crippen molar-refractivity contribution < 1.29 is 32.4 Å². The molecule has 0 spiro atoms. The maximum atomic E-state index is 13.9. The number of allylic oxidation sites excluding steroid dienone is 2. The van der Waals surface area contributed by atoms with E-state index in [0.29, 0.717) is 12.0 Å². The fraction of sp³-hybridized carbons (Fsp3) is 0.250. The molecule has 2 aliphatic rings. The molecule has 11 heteroatoms. The van der Waals surface area contributed by atoms with Gasteiger partial charge in [0.05, 0.1) is 34.8 Å². The van der Waals surface area contributed by atoms with Crippen molar-refractivity contribution in [2.24, 2.45) is 5.73 Å². The van der Waals surface area contributed by atoms with E-state index in [1.54, 1.807) is 0 Å². The zero-order chi connectivity index (χ0) is 25.5. The summed E-state index contributed by atoms with van der Waals surface area (Å²) in [6.45, 7) is 0. The van der Waals surface area contributed by atoms with Crippen molar-refractivity contribution in [1.82, 2.24) is 0 Å². The monoisotopic (exact) mass is 487 g/mol. The van der Waals surface area contributed by atoms with Gasteiger partial charge in [0.2, 0.25) is 0 Å². The van der Waals surface area contributed by atoms with Gasteiger partial charge in [0.25, 0.3) is 5.69 Å². The number of hydrogen-bond donors (Lipinski definition) is 1. The van der Waals surface area contributed by atoms with Crippen LogP contribution in [0.4, 0.5) is 24.5 Å². The second-order valence-corrected chi connectivity index (χ2v) is 8.06. The van der Waals surface area contributed by atoms with E-state index in [1.165, 1.54) is 42.5 Å². The Bertz CT molecular complexity index is 1280. The number of nitrogens with zero attached hydrogens (tertiary/aromatic N) is 2. The second kappa shape index (κ2) is 8.90. The summed E-state index contributed by atoms with van der Waals surface area (Å²) < 4.78 is 46.6. The number of non-ortho nitro benzene ring substituents is 1. The third-order valence-electron chi connectivity index (χ3n) is 6.09. The Morgan fingerprint density at radius 1 is 1.14 bits per heavy atom. The summed E-state index contributed by atoms with van der Waals surface area (Å²) in [5.74, 6) is -2.63. The highest BCUT2D eigenvalue weighted by Gasteiger charge is 2.45. The molecular weight excluding hydrogens is 467 g/mol. The standard InChI is InChI=1S/C24H20F3N3O5/c1-35-23(32)21-19(13-9-11-14(12-10-13)30(33)34)20-17(7-4-8-18(20)31)29(22(21)28)16-6-3-2-5-15(16)24(25,26)27/h2-3,5-6,9-12,19H,4,7-8,28H2,1H3/t19-/m0/s1. The van der Waals surface area contributed by atoms with Crippen LogP contribution in [0.25, 0.3) is 0 Å². The molecule has 8 nitrogen and oxygen atoms in total. The van der Waals surface area contributed by atoms with Gasteiger partial charge in [-0.1, -0.05) is 24.3 Å². The third-order valence-corrected chi connectivity index (χ3v) is 6.09. The number of halogens is 3. The highest BCUT2D eigenvalue weighted by atomic mass is 19.4. The predicted octanol–water partition coefficient (Wildman–Crippen LogP) is 4.57. The maximum Gasteiger partial charge on any atom is 0.418 e. The van der Waals surface area contributed by atoms with Gasteiger partial charge in [-0.15, -0.1) is 0 Å². The molecule has 0 fully saturated rings. The first kappa shape index (κ1) is 24.0.